The Morgan fingerprint density at radius 3 is 2.62 bits per heavy atom. The lowest BCUT2D eigenvalue weighted by molar-refractivity contribution is -0.668. The molecule has 4 nitrogen and oxygen atoms in total. The summed E-state index contributed by atoms with van der Waals surface area (Å²) in [7, 11) is 1.55. The molecule has 0 unspecified atom stereocenters. The lowest BCUT2D eigenvalue weighted by Gasteiger charge is -2.06. The summed E-state index contributed by atoms with van der Waals surface area (Å²) in [5.74, 6) is 0.616. The highest BCUT2D eigenvalue weighted by Crippen LogP contribution is 2.31. The van der Waals surface area contributed by atoms with Gasteiger partial charge in [-0.15, -0.1) is 0 Å². The average Bonchev–Trinajstić information content (AvgIpc) is 2.62. The molecule has 1 heterocycles. The van der Waals surface area contributed by atoms with Crippen molar-refractivity contribution in [2.24, 2.45) is 5.73 Å². The molecule has 0 aliphatic rings. The lowest BCUT2D eigenvalue weighted by atomic mass is 10.1. The van der Waals surface area contributed by atoms with Crippen LogP contribution in [0.2, 0.25) is 0 Å². The fourth-order valence-corrected chi connectivity index (χ4v) is 2.81. The van der Waals surface area contributed by atoms with Gasteiger partial charge in [-0.1, -0.05) is 36.4 Å². The maximum Gasteiger partial charge on any atom is 0.213 e. The van der Waals surface area contributed by atoms with Crippen LogP contribution in [0.25, 0.3) is 23.1 Å². The van der Waals surface area contributed by atoms with Crippen LogP contribution in [-0.2, 0) is 6.54 Å². The quantitative estimate of drug-likeness (QED) is 0.710. The Kier molecular flexibility index (Phi) is 4.77. The number of ether oxygens (including phenoxy) is 1. The van der Waals surface area contributed by atoms with Crippen molar-refractivity contribution in [1.82, 2.24) is 0 Å². The summed E-state index contributed by atoms with van der Waals surface area (Å²) >= 11 is 0. The molecule has 0 aliphatic heterocycles. The normalized spacial score (nSPS) is 11.2. The third-order valence-electron chi connectivity index (χ3n) is 4.02. The Bertz CT molecular complexity index is 888. The number of aromatic nitrogens is 1. The maximum atomic E-state index is 10.2. The largest absolute Gasteiger partial charge is 0.504 e. The predicted octanol–water partition coefficient (Wildman–Crippen LogP) is 2.97. The van der Waals surface area contributed by atoms with Crippen molar-refractivity contribution in [1.29, 1.82) is 0 Å². The molecule has 0 bridgehead atoms. The van der Waals surface area contributed by atoms with E-state index in [0.717, 1.165) is 28.6 Å². The number of hydrogen-bond donors (Lipinski definition) is 2. The maximum absolute atomic E-state index is 10.2. The molecular weight excluding hydrogens is 300 g/mol. The second kappa shape index (κ2) is 7.15. The smallest absolute Gasteiger partial charge is 0.213 e. The van der Waals surface area contributed by atoms with E-state index in [1.165, 1.54) is 0 Å². The number of phenols is 1. The highest BCUT2D eigenvalue weighted by atomic mass is 16.5. The first-order valence-corrected chi connectivity index (χ1v) is 7.90. The van der Waals surface area contributed by atoms with Crippen molar-refractivity contribution in [3.05, 3.63) is 65.9 Å². The molecule has 0 fully saturated rings. The number of rotatable bonds is 5. The summed E-state index contributed by atoms with van der Waals surface area (Å²) in [5.41, 5.74) is 8.64. The second-order valence-electron chi connectivity index (χ2n) is 5.50. The van der Waals surface area contributed by atoms with Crippen molar-refractivity contribution in [2.45, 2.75) is 6.54 Å². The molecular formula is C20H21N2O2+. The first-order valence-electron chi connectivity index (χ1n) is 7.90. The van der Waals surface area contributed by atoms with Crippen molar-refractivity contribution < 1.29 is 14.4 Å². The zero-order valence-electron chi connectivity index (χ0n) is 13.6. The molecule has 0 atom stereocenters. The molecule has 3 aromatic rings. The molecule has 0 radical (unpaired) electrons. The van der Waals surface area contributed by atoms with E-state index in [4.69, 9.17) is 10.5 Å². The Morgan fingerprint density at radius 2 is 1.83 bits per heavy atom. The number of benzene rings is 2. The van der Waals surface area contributed by atoms with Crippen molar-refractivity contribution >= 4 is 23.1 Å². The van der Waals surface area contributed by atoms with Crippen molar-refractivity contribution in [3.8, 4) is 11.5 Å². The summed E-state index contributed by atoms with van der Waals surface area (Å²) in [6, 6.07) is 15.7. The van der Waals surface area contributed by atoms with Gasteiger partial charge in [0.2, 0.25) is 5.52 Å². The Balaban J connectivity index is 2.03. The second-order valence-corrected chi connectivity index (χ2v) is 5.50. The first-order chi connectivity index (χ1) is 11.7. The van der Waals surface area contributed by atoms with Crippen LogP contribution in [0.1, 0.15) is 11.1 Å². The zero-order chi connectivity index (χ0) is 16.9. The van der Waals surface area contributed by atoms with Gasteiger partial charge in [0.15, 0.2) is 24.2 Å². The van der Waals surface area contributed by atoms with Crippen molar-refractivity contribution in [3.63, 3.8) is 0 Å². The van der Waals surface area contributed by atoms with E-state index >= 15 is 0 Å². The third kappa shape index (κ3) is 3.09. The number of fused-ring (bicyclic) bond motifs is 1. The number of para-hydroxylation sites is 2. The van der Waals surface area contributed by atoms with Gasteiger partial charge in [0, 0.05) is 17.7 Å². The van der Waals surface area contributed by atoms with Gasteiger partial charge in [-0.2, -0.15) is 4.57 Å². The highest BCUT2D eigenvalue weighted by molar-refractivity contribution is 5.89. The number of nitrogens with zero attached hydrogens (tertiary/aromatic N) is 1. The van der Waals surface area contributed by atoms with Crippen LogP contribution in [0.15, 0.2) is 54.7 Å². The average molecular weight is 321 g/mol. The fourth-order valence-electron chi connectivity index (χ4n) is 2.81. The molecule has 0 amide bonds. The molecule has 0 aliphatic carbocycles. The number of nitrogens with two attached hydrogens (primary N) is 1. The van der Waals surface area contributed by atoms with Crippen molar-refractivity contribution in [2.75, 3.05) is 13.7 Å². The molecule has 3 N–H and O–H groups in total. The summed E-state index contributed by atoms with van der Waals surface area (Å²) in [5, 5.41) is 11.3. The van der Waals surface area contributed by atoms with Crippen LogP contribution in [-0.4, -0.2) is 18.8 Å². The molecule has 2 aromatic carbocycles. The number of aromatic hydroxyl groups is 1. The van der Waals surface area contributed by atoms with E-state index in [9.17, 15) is 5.11 Å². The SMILES string of the molecule is COc1cccc(/C=C/c2cc[n+](CCN)c3ccccc23)c1O. The Morgan fingerprint density at radius 1 is 1.04 bits per heavy atom. The van der Waals surface area contributed by atoms with E-state index in [1.807, 2.05) is 42.6 Å². The first kappa shape index (κ1) is 16.0. The summed E-state index contributed by atoms with van der Waals surface area (Å²) in [6.45, 7) is 1.38. The van der Waals surface area contributed by atoms with Gasteiger partial charge in [0.05, 0.1) is 19.0 Å². The number of methoxy groups -OCH3 is 1. The summed E-state index contributed by atoms with van der Waals surface area (Å²) in [4.78, 5) is 0. The van der Waals surface area contributed by atoms with Gasteiger partial charge in [-0.05, 0) is 17.7 Å². The van der Waals surface area contributed by atoms with E-state index in [-0.39, 0.29) is 5.75 Å². The monoisotopic (exact) mass is 321 g/mol. The Labute approximate surface area is 141 Å². The molecule has 0 saturated carbocycles. The van der Waals surface area contributed by atoms with E-state index in [0.29, 0.717) is 12.3 Å². The molecule has 24 heavy (non-hydrogen) atoms. The van der Waals surface area contributed by atoms with E-state index in [2.05, 4.69) is 22.8 Å². The minimum atomic E-state index is 0.148. The third-order valence-corrected chi connectivity index (χ3v) is 4.02. The van der Waals surface area contributed by atoms with Crippen LogP contribution in [0.4, 0.5) is 0 Å². The molecule has 0 saturated heterocycles. The van der Waals surface area contributed by atoms with Gasteiger partial charge in [0.25, 0.3) is 0 Å². The minimum absolute atomic E-state index is 0.148. The zero-order valence-corrected chi connectivity index (χ0v) is 13.6. The van der Waals surface area contributed by atoms with E-state index in [1.54, 1.807) is 13.2 Å². The highest BCUT2D eigenvalue weighted by Gasteiger charge is 2.10. The molecule has 3 rings (SSSR count). The van der Waals surface area contributed by atoms with Gasteiger partial charge in [-0.25, -0.2) is 0 Å². The molecule has 4 heteroatoms. The van der Waals surface area contributed by atoms with Gasteiger partial charge in [-0.3, -0.25) is 0 Å². The predicted molar refractivity (Wildman–Crippen MR) is 96.8 cm³/mol. The fraction of sp³-hybridized carbons (Fsp3) is 0.150. The Hall–Kier alpha value is -2.85. The molecule has 0 spiro atoms. The summed E-state index contributed by atoms with van der Waals surface area (Å²) < 4.78 is 7.30. The molecule has 122 valence electrons. The van der Waals surface area contributed by atoms with Gasteiger partial charge < -0.3 is 15.6 Å². The number of hydrogen-bond acceptors (Lipinski definition) is 3. The van der Waals surface area contributed by atoms with E-state index < -0.39 is 0 Å². The topological polar surface area (TPSA) is 59.4 Å². The van der Waals surface area contributed by atoms with Crippen LogP contribution in [0.5, 0.6) is 11.5 Å². The number of pyridine rings is 1. The van der Waals surface area contributed by atoms with Crippen LogP contribution in [0.3, 0.4) is 0 Å². The molecule has 1 aromatic heterocycles. The van der Waals surface area contributed by atoms with Gasteiger partial charge in [0.1, 0.15) is 0 Å². The number of phenolic OH excluding ortho intramolecular Hbond substituents is 1. The van der Waals surface area contributed by atoms with Crippen LogP contribution < -0.4 is 15.0 Å². The minimum Gasteiger partial charge on any atom is -0.504 e. The van der Waals surface area contributed by atoms with Crippen LogP contribution >= 0.6 is 0 Å². The standard InChI is InChI=1S/C20H20N2O2/c1-24-19-8-4-5-16(20(19)23)10-9-15-11-13-22(14-12-21)18-7-3-2-6-17(15)18/h2-11,13H,12,14,21H2,1H3/p+1. The van der Waals surface area contributed by atoms with Gasteiger partial charge >= 0.3 is 0 Å². The summed E-state index contributed by atoms with van der Waals surface area (Å²) in [6.07, 6.45) is 5.94. The lowest BCUT2D eigenvalue weighted by Crippen LogP contribution is -2.37. The van der Waals surface area contributed by atoms with Crippen LogP contribution in [0, 0.1) is 0 Å².